The molecule has 1 atom stereocenters. The van der Waals surface area contributed by atoms with Gasteiger partial charge in [-0.25, -0.2) is 4.39 Å². The number of nitrogens with one attached hydrogen (secondary N) is 2. The highest BCUT2D eigenvalue weighted by molar-refractivity contribution is 5.79. The van der Waals surface area contributed by atoms with Crippen molar-refractivity contribution in [3.05, 3.63) is 30.1 Å². The lowest BCUT2D eigenvalue weighted by Crippen LogP contribution is -2.48. The van der Waals surface area contributed by atoms with E-state index >= 15 is 0 Å². The van der Waals surface area contributed by atoms with E-state index < -0.39 is 0 Å². The number of nitrogens with zero attached hydrogens (tertiary/aromatic N) is 2. The van der Waals surface area contributed by atoms with Crippen LogP contribution in [0, 0.1) is 11.7 Å². The Morgan fingerprint density at radius 1 is 1.22 bits per heavy atom. The minimum absolute atomic E-state index is 0.144. The fourth-order valence-corrected chi connectivity index (χ4v) is 3.24. The number of carbonyl (C=O) groups excluding carboxylic acids is 1. The molecule has 0 aliphatic carbocycles. The first-order valence-corrected chi connectivity index (χ1v) is 8.44. The molecule has 1 aromatic carbocycles. The zero-order chi connectivity index (χ0) is 16.1. The van der Waals surface area contributed by atoms with Gasteiger partial charge in [0.05, 0.1) is 5.92 Å². The van der Waals surface area contributed by atoms with E-state index in [1.807, 2.05) is 12.1 Å². The first kappa shape index (κ1) is 16.2. The average Bonchev–Trinajstić information content (AvgIpc) is 3.11. The number of hydrogen-bond acceptors (Lipinski definition) is 4. The summed E-state index contributed by atoms with van der Waals surface area (Å²) in [4.78, 5) is 16.6. The van der Waals surface area contributed by atoms with Gasteiger partial charge < -0.3 is 15.5 Å². The van der Waals surface area contributed by atoms with Gasteiger partial charge in [-0.1, -0.05) is 0 Å². The van der Waals surface area contributed by atoms with Crippen LogP contribution in [0.1, 0.15) is 6.42 Å². The van der Waals surface area contributed by atoms with E-state index in [1.165, 1.54) is 12.1 Å². The predicted octanol–water partition coefficient (Wildman–Crippen LogP) is 0.673. The minimum Gasteiger partial charge on any atom is -0.369 e. The fraction of sp³-hybridized carbons (Fsp3) is 0.588. The minimum atomic E-state index is -0.194. The molecule has 0 aromatic heterocycles. The third-order valence-electron chi connectivity index (χ3n) is 4.72. The maximum absolute atomic E-state index is 13.0. The zero-order valence-corrected chi connectivity index (χ0v) is 13.4. The number of benzene rings is 1. The van der Waals surface area contributed by atoms with Crippen molar-refractivity contribution in [2.45, 2.75) is 6.42 Å². The molecule has 1 amide bonds. The van der Waals surface area contributed by atoms with Crippen LogP contribution in [0.5, 0.6) is 0 Å². The molecule has 0 spiro atoms. The third-order valence-corrected chi connectivity index (χ3v) is 4.72. The summed E-state index contributed by atoms with van der Waals surface area (Å²) in [5.41, 5.74) is 1.08. The van der Waals surface area contributed by atoms with E-state index in [0.717, 1.165) is 57.9 Å². The van der Waals surface area contributed by atoms with Crippen LogP contribution in [-0.2, 0) is 4.79 Å². The van der Waals surface area contributed by atoms with Gasteiger partial charge in [0, 0.05) is 51.5 Å². The van der Waals surface area contributed by atoms with Gasteiger partial charge in [0.2, 0.25) is 5.91 Å². The molecule has 6 heteroatoms. The van der Waals surface area contributed by atoms with Crippen LogP contribution < -0.4 is 15.5 Å². The summed E-state index contributed by atoms with van der Waals surface area (Å²) in [7, 11) is 0. The lowest BCUT2D eigenvalue weighted by molar-refractivity contribution is -0.124. The molecular weight excluding hydrogens is 295 g/mol. The monoisotopic (exact) mass is 320 g/mol. The quantitative estimate of drug-likeness (QED) is 0.837. The summed E-state index contributed by atoms with van der Waals surface area (Å²) in [5, 5.41) is 6.26. The van der Waals surface area contributed by atoms with Crippen molar-refractivity contribution >= 4 is 11.6 Å². The predicted molar refractivity (Wildman–Crippen MR) is 89.0 cm³/mol. The van der Waals surface area contributed by atoms with Crippen molar-refractivity contribution in [1.82, 2.24) is 15.5 Å². The van der Waals surface area contributed by atoms with Gasteiger partial charge >= 0.3 is 0 Å². The summed E-state index contributed by atoms with van der Waals surface area (Å²) in [6.45, 7) is 7.18. The van der Waals surface area contributed by atoms with Gasteiger partial charge in [0.1, 0.15) is 5.82 Å². The van der Waals surface area contributed by atoms with Crippen LogP contribution in [0.25, 0.3) is 0 Å². The van der Waals surface area contributed by atoms with Gasteiger partial charge in [0.25, 0.3) is 0 Å². The second-order valence-corrected chi connectivity index (χ2v) is 6.29. The first-order chi connectivity index (χ1) is 11.2. The smallest absolute Gasteiger partial charge is 0.224 e. The molecule has 3 rings (SSSR count). The van der Waals surface area contributed by atoms with Crippen molar-refractivity contribution in [3.63, 3.8) is 0 Å². The van der Waals surface area contributed by atoms with E-state index in [9.17, 15) is 9.18 Å². The Labute approximate surface area is 136 Å². The van der Waals surface area contributed by atoms with Crippen LogP contribution >= 0.6 is 0 Å². The summed E-state index contributed by atoms with van der Waals surface area (Å²) in [6.07, 6.45) is 0.947. The van der Waals surface area contributed by atoms with Gasteiger partial charge in [-0.2, -0.15) is 0 Å². The van der Waals surface area contributed by atoms with E-state index in [0.29, 0.717) is 6.54 Å². The highest BCUT2D eigenvalue weighted by Gasteiger charge is 2.22. The van der Waals surface area contributed by atoms with Crippen molar-refractivity contribution in [1.29, 1.82) is 0 Å². The highest BCUT2D eigenvalue weighted by Crippen LogP contribution is 2.16. The summed E-state index contributed by atoms with van der Waals surface area (Å²) < 4.78 is 13.0. The molecule has 0 saturated carbocycles. The molecule has 2 saturated heterocycles. The number of anilines is 1. The third kappa shape index (κ3) is 4.42. The Morgan fingerprint density at radius 3 is 2.61 bits per heavy atom. The molecule has 1 unspecified atom stereocenters. The standard InChI is InChI=1S/C17H25FN4O/c18-15-1-3-16(4-2-15)22-11-9-21(10-12-22)8-7-20-17(23)14-5-6-19-13-14/h1-4,14,19H,5-13H2,(H,20,23). The number of rotatable bonds is 5. The summed E-state index contributed by atoms with van der Waals surface area (Å²) in [5.74, 6) is 0.130. The Kier molecular flexibility index (Phi) is 5.46. The number of hydrogen-bond donors (Lipinski definition) is 2. The lowest BCUT2D eigenvalue weighted by Gasteiger charge is -2.36. The van der Waals surface area contributed by atoms with Crippen LogP contribution in [0.4, 0.5) is 10.1 Å². The molecule has 5 nitrogen and oxygen atoms in total. The van der Waals surface area contributed by atoms with Crippen molar-refractivity contribution in [2.75, 3.05) is 57.3 Å². The molecule has 2 fully saturated rings. The maximum atomic E-state index is 13.0. The molecule has 2 heterocycles. The summed E-state index contributed by atoms with van der Waals surface area (Å²) in [6, 6.07) is 6.69. The molecule has 23 heavy (non-hydrogen) atoms. The fourth-order valence-electron chi connectivity index (χ4n) is 3.24. The van der Waals surface area contributed by atoms with Gasteiger partial charge in [-0.15, -0.1) is 0 Å². The second-order valence-electron chi connectivity index (χ2n) is 6.29. The Balaban J connectivity index is 1.36. The van der Waals surface area contributed by atoms with Crippen molar-refractivity contribution in [3.8, 4) is 0 Å². The molecule has 1 aromatic rings. The number of halogens is 1. The molecule has 0 bridgehead atoms. The Bertz CT molecular complexity index is 508. The number of amides is 1. The van der Waals surface area contributed by atoms with E-state index in [2.05, 4.69) is 20.4 Å². The molecular formula is C17H25FN4O. The van der Waals surface area contributed by atoms with E-state index in [1.54, 1.807) is 0 Å². The van der Waals surface area contributed by atoms with Crippen molar-refractivity contribution in [2.24, 2.45) is 5.92 Å². The maximum Gasteiger partial charge on any atom is 0.224 e. The number of carbonyl (C=O) groups is 1. The van der Waals surface area contributed by atoms with E-state index in [4.69, 9.17) is 0 Å². The molecule has 2 aliphatic rings. The van der Waals surface area contributed by atoms with Crippen LogP contribution in [-0.4, -0.2) is 63.2 Å². The topological polar surface area (TPSA) is 47.6 Å². The zero-order valence-electron chi connectivity index (χ0n) is 13.4. The van der Waals surface area contributed by atoms with Gasteiger partial charge in [-0.3, -0.25) is 9.69 Å². The van der Waals surface area contributed by atoms with E-state index in [-0.39, 0.29) is 17.6 Å². The average molecular weight is 320 g/mol. The SMILES string of the molecule is O=C(NCCN1CCN(c2ccc(F)cc2)CC1)C1CCNC1. The number of piperazine rings is 1. The molecule has 2 aliphatic heterocycles. The van der Waals surface area contributed by atoms with Crippen molar-refractivity contribution < 1.29 is 9.18 Å². The molecule has 126 valence electrons. The second kappa shape index (κ2) is 7.75. The Morgan fingerprint density at radius 2 is 1.96 bits per heavy atom. The van der Waals surface area contributed by atoms with Gasteiger partial charge in [0.15, 0.2) is 0 Å². The molecule has 0 radical (unpaired) electrons. The van der Waals surface area contributed by atoms with Gasteiger partial charge in [-0.05, 0) is 37.2 Å². The van der Waals surface area contributed by atoms with Crippen LogP contribution in [0.2, 0.25) is 0 Å². The van der Waals surface area contributed by atoms with Crippen LogP contribution in [0.3, 0.4) is 0 Å². The first-order valence-electron chi connectivity index (χ1n) is 8.44. The largest absolute Gasteiger partial charge is 0.369 e. The van der Waals surface area contributed by atoms with Crippen LogP contribution in [0.15, 0.2) is 24.3 Å². The Hall–Kier alpha value is -1.66. The summed E-state index contributed by atoms with van der Waals surface area (Å²) >= 11 is 0. The lowest BCUT2D eigenvalue weighted by atomic mass is 10.1. The normalized spacial score (nSPS) is 22.3. The highest BCUT2D eigenvalue weighted by atomic mass is 19.1. The molecule has 2 N–H and O–H groups in total.